The SMILES string of the molecule is CN=C(NCC(c1cccc(OC)c1)N1CCCC1)NCC(C)(C)N1CCOCC1.I. The molecule has 8 heteroatoms. The van der Waals surface area contributed by atoms with Gasteiger partial charge in [-0.3, -0.25) is 14.8 Å². The van der Waals surface area contributed by atoms with Crippen LogP contribution in [0.4, 0.5) is 0 Å². The Morgan fingerprint density at radius 1 is 1.16 bits per heavy atom. The summed E-state index contributed by atoms with van der Waals surface area (Å²) in [5.41, 5.74) is 1.33. The van der Waals surface area contributed by atoms with Crippen LogP contribution in [0.15, 0.2) is 29.3 Å². The third kappa shape index (κ3) is 7.47. The van der Waals surface area contributed by atoms with Gasteiger partial charge in [-0.15, -0.1) is 24.0 Å². The highest BCUT2D eigenvalue weighted by atomic mass is 127. The molecule has 0 saturated carbocycles. The van der Waals surface area contributed by atoms with Gasteiger partial charge in [-0.25, -0.2) is 0 Å². The largest absolute Gasteiger partial charge is 0.497 e. The lowest BCUT2D eigenvalue weighted by molar-refractivity contribution is -0.00834. The van der Waals surface area contributed by atoms with Crippen molar-refractivity contribution >= 4 is 29.9 Å². The van der Waals surface area contributed by atoms with Gasteiger partial charge in [0.05, 0.1) is 26.4 Å². The molecule has 2 heterocycles. The molecule has 0 radical (unpaired) electrons. The van der Waals surface area contributed by atoms with Gasteiger partial charge in [0.1, 0.15) is 5.75 Å². The van der Waals surface area contributed by atoms with E-state index in [9.17, 15) is 0 Å². The molecular formula is C23H40IN5O2. The first-order valence-electron chi connectivity index (χ1n) is 11.2. The third-order valence-electron chi connectivity index (χ3n) is 6.30. The summed E-state index contributed by atoms with van der Waals surface area (Å²) in [4.78, 5) is 9.52. The Bertz CT molecular complexity index is 688. The summed E-state index contributed by atoms with van der Waals surface area (Å²) in [6, 6.07) is 8.74. The molecule has 31 heavy (non-hydrogen) atoms. The van der Waals surface area contributed by atoms with Gasteiger partial charge in [-0.1, -0.05) is 12.1 Å². The van der Waals surface area contributed by atoms with E-state index in [-0.39, 0.29) is 29.5 Å². The van der Waals surface area contributed by atoms with Crippen LogP contribution in [0, 0.1) is 0 Å². The van der Waals surface area contributed by atoms with Crippen molar-refractivity contribution in [1.29, 1.82) is 0 Å². The molecule has 1 unspecified atom stereocenters. The maximum absolute atomic E-state index is 5.50. The number of nitrogens with zero attached hydrogens (tertiary/aromatic N) is 3. The molecule has 3 rings (SSSR count). The molecule has 176 valence electrons. The molecule has 1 atom stereocenters. The molecule has 0 aliphatic carbocycles. The Hall–Kier alpha value is -1.10. The molecular weight excluding hydrogens is 505 g/mol. The van der Waals surface area contributed by atoms with E-state index < -0.39 is 0 Å². The number of likely N-dealkylation sites (tertiary alicyclic amines) is 1. The van der Waals surface area contributed by atoms with E-state index in [0.717, 1.165) is 64.2 Å². The smallest absolute Gasteiger partial charge is 0.191 e. The molecule has 2 saturated heterocycles. The summed E-state index contributed by atoms with van der Waals surface area (Å²) in [6.07, 6.45) is 2.53. The zero-order valence-corrected chi connectivity index (χ0v) is 21.9. The summed E-state index contributed by atoms with van der Waals surface area (Å²) in [7, 11) is 3.57. The van der Waals surface area contributed by atoms with Gasteiger partial charge in [0.25, 0.3) is 0 Å². The maximum Gasteiger partial charge on any atom is 0.191 e. The van der Waals surface area contributed by atoms with Crippen molar-refractivity contribution in [2.45, 2.75) is 38.3 Å². The van der Waals surface area contributed by atoms with Crippen molar-refractivity contribution in [3.8, 4) is 5.75 Å². The molecule has 2 aliphatic heterocycles. The van der Waals surface area contributed by atoms with Gasteiger partial charge in [-0.2, -0.15) is 0 Å². The predicted octanol–water partition coefficient (Wildman–Crippen LogP) is 2.73. The van der Waals surface area contributed by atoms with Gasteiger partial charge in [0.15, 0.2) is 5.96 Å². The fourth-order valence-corrected chi connectivity index (χ4v) is 4.35. The van der Waals surface area contributed by atoms with Gasteiger partial charge in [-0.05, 0) is 57.5 Å². The standard InChI is InChI=1S/C23H39N5O2.HI/c1-23(2,28-12-14-30-15-13-28)18-26-22(24-3)25-17-21(27-10-5-6-11-27)19-8-7-9-20(16-19)29-4;/h7-9,16,21H,5-6,10-15,17-18H2,1-4H3,(H2,24,25,26);1H. The van der Waals surface area contributed by atoms with Crippen LogP contribution in [0.1, 0.15) is 38.3 Å². The molecule has 1 aromatic rings. The second-order valence-corrected chi connectivity index (χ2v) is 8.75. The molecule has 7 nitrogen and oxygen atoms in total. The van der Waals surface area contributed by atoms with E-state index in [1.165, 1.54) is 18.4 Å². The highest BCUT2D eigenvalue weighted by molar-refractivity contribution is 14.0. The Morgan fingerprint density at radius 2 is 1.87 bits per heavy atom. The number of hydrogen-bond donors (Lipinski definition) is 2. The lowest BCUT2D eigenvalue weighted by Gasteiger charge is -2.41. The summed E-state index contributed by atoms with van der Waals surface area (Å²) in [6.45, 7) is 12.1. The monoisotopic (exact) mass is 545 g/mol. The number of methoxy groups -OCH3 is 1. The second-order valence-electron chi connectivity index (χ2n) is 8.75. The lowest BCUT2D eigenvalue weighted by atomic mass is 10.0. The summed E-state index contributed by atoms with van der Waals surface area (Å²) < 4.78 is 11.0. The van der Waals surface area contributed by atoms with Crippen LogP contribution >= 0.6 is 24.0 Å². The zero-order chi connectivity index (χ0) is 21.4. The Morgan fingerprint density at radius 3 is 2.52 bits per heavy atom. The van der Waals surface area contributed by atoms with E-state index in [4.69, 9.17) is 9.47 Å². The second kappa shape index (κ2) is 12.8. The van der Waals surface area contributed by atoms with E-state index >= 15 is 0 Å². The van der Waals surface area contributed by atoms with E-state index in [2.05, 4.69) is 57.5 Å². The molecule has 2 aliphatic rings. The minimum Gasteiger partial charge on any atom is -0.497 e. The fraction of sp³-hybridized carbons (Fsp3) is 0.696. The van der Waals surface area contributed by atoms with Crippen LogP contribution in [0.3, 0.4) is 0 Å². The minimum absolute atomic E-state index is 0. The Balaban J connectivity index is 0.00000341. The van der Waals surface area contributed by atoms with Crippen LogP contribution < -0.4 is 15.4 Å². The molecule has 0 amide bonds. The van der Waals surface area contributed by atoms with Crippen LogP contribution in [-0.2, 0) is 4.74 Å². The lowest BCUT2D eigenvalue weighted by Crippen LogP contribution is -2.56. The van der Waals surface area contributed by atoms with Crippen LogP contribution in [0.25, 0.3) is 0 Å². The summed E-state index contributed by atoms with van der Waals surface area (Å²) in [5, 5.41) is 7.11. The summed E-state index contributed by atoms with van der Waals surface area (Å²) in [5.74, 6) is 1.76. The number of rotatable bonds is 8. The average Bonchev–Trinajstić information content (AvgIpc) is 3.31. The number of benzene rings is 1. The van der Waals surface area contributed by atoms with Crippen molar-refractivity contribution in [3.05, 3.63) is 29.8 Å². The fourth-order valence-electron chi connectivity index (χ4n) is 4.35. The predicted molar refractivity (Wildman–Crippen MR) is 138 cm³/mol. The third-order valence-corrected chi connectivity index (χ3v) is 6.30. The van der Waals surface area contributed by atoms with E-state index in [0.29, 0.717) is 6.04 Å². The van der Waals surface area contributed by atoms with Crippen molar-refractivity contribution < 1.29 is 9.47 Å². The van der Waals surface area contributed by atoms with Crippen LogP contribution in [0.5, 0.6) is 5.75 Å². The van der Waals surface area contributed by atoms with Crippen LogP contribution in [0.2, 0.25) is 0 Å². The highest BCUT2D eigenvalue weighted by Gasteiger charge is 2.29. The number of guanidine groups is 1. The number of morpholine rings is 1. The number of aliphatic imine (C=N–C) groups is 1. The first-order chi connectivity index (χ1) is 14.5. The number of hydrogen-bond acceptors (Lipinski definition) is 5. The van der Waals surface area contributed by atoms with Gasteiger partial charge < -0.3 is 20.1 Å². The number of ether oxygens (including phenoxy) is 2. The number of halogens is 1. The van der Waals surface area contributed by atoms with Crippen molar-refractivity contribution in [3.63, 3.8) is 0 Å². The normalized spacial score (nSPS) is 19.5. The number of nitrogens with one attached hydrogen (secondary N) is 2. The highest BCUT2D eigenvalue weighted by Crippen LogP contribution is 2.27. The van der Waals surface area contributed by atoms with Gasteiger partial charge in [0, 0.05) is 38.8 Å². The van der Waals surface area contributed by atoms with Crippen LogP contribution in [-0.4, -0.2) is 87.9 Å². The Labute approximate surface area is 205 Å². The average molecular weight is 546 g/mol. The molecule has 2 fully saturated rings. The van der Waals surface area contributed by atoms with E-state index in [1.807, 2.05) is 13.1 Å². The zero-order valence-electron chi connectivity index (χ0n) is 19.5. The van der Waals surface area contributed by atoms with Gasteiger partial charge in [0.2, 0.25) is 0 Å². The minimum atomic E-state index is 0. The van der Waals surface area contributed by atoms with E-state index in [1.54, 1.807) is 7.11 Å². The van der Waals surface area contributed by atoms with Crippen molar-refractivity contribution in [2.75, 3.05) is 66.6 Å². The molecule has 0 spiro atoms. The molecule has 2 N–H and O–H groups in total. The van der Waals surface area contributed by atoms with Crippen molar-refractivity contribution in [2.24, 2.45) is 4.99 Å². The first-order valence-corrected chi connectivity index (χ1v) is 11.2. The summed E-state index contributed by atoms with van der Waals surface area (Å²) >= 11 is 0. The molecule has 1 aromatic carbocycles. The maximum atomic E-state index is 5.50. The molecule has 0 aromatic heterocycles. The van der Waals surface area contributed by atoms with Gasteiger partial charge >= 0.3 is 0 Å². The topological polar surface area (TPSA) is 61.4 Å². The van der Waals surface area contributed by atoms with Crippen molar-refractivity contribution in [1.82, 2.24) is 20.4 Å². The quantitative estimate of drug-likeness (QED) is 0.298. The Kier molecular flexibility index (Phi) is 10.8. The first kappa shape index (κ1) is 26.2. The molecule has 0 bridgehead atoms.